The van der Waals surface area contributed by atoms with Gasteiger partial charge in [-0.3, -0.25) is 0 Å². The van der Waals surface area contributed by atoms with E-state index in [2.05, 4.69) is 6.07 Å². The minimum absolute atomic E-state index is 0.0831. The smallest absolute Gasteiger partial charge is 0.124 e. The Morgan fingerprint density at radius 1 is 1.33 bits per heavy atom. The molecule has 0 saturated carbocycles. The molecule has 92 valence electrons. The van der Waals surface area contributed by atoms with Crippen molar-refractivity contribution in [2.45, 2.75) is 20.0 Å². The van der Waals surface area contributed by atoms with E-state index in [0.717, 1.165) is 5.69 Å². The lowest BCUT2D eigenvalue weighted by Gasteiger charge is -2.13. The highest BCUT2D eigenvalue weighted by molar-refractivity contribution is 5.55. The van der Waals surface area contributed by atoms with Gasteiger partial charge in [0.2, 0.25) is 0 Å². The molecule has 0 radical (unpaired) electrons. The van der Waals surface area contributed by atoms with E-state index in [1.54, 1.807) is 16.7 Å². The largest absolute Gasteiger partial charge is 0.491 e. The highest BCUT2D eigenvalue weighted by atomic mass is 16.5. The molecule has 0 aliphatic carbocycles. The van der Waals surface area contributed by atoms with Crippen LogP contribution in [0.1, 0.15) is 19.5 Å². The number of nitrogens with two attached hydrogens (primary N) is 1. The van der Waals surface area contributed by atoms with Crippen LogP contribution in [0, 0.1) is 11.3 Å². The van der Waals surface area contributed by atoms with E-state index in [4.69, 9.17) is 15.7 Å². The molecule has 2 aromatic rings. The van der Waals surface area contributed by atoms with Gasteiger partial charge in [-0.25, -0.2) is 0 Å². The first-order valence-corrected chi connectivity index (χ1v) is 5.75. The van der Waals surface area contributed by atoms with Crippen LogP contribution in [0.25, 0.3) is 5.69 Å². The van der Waals surface area contributed by atoms with Crippen LogP contribution in [-0.2, 0) is 0 Å². The van der Waals surface area contributed by atoms with E-state index >= 15 is 0 Å². The normalized spacial score (nSPS) is 10.3. The van der Waals surface area contributed by atoms with Crippen LogP contribution >= 0.6 is 0 Å². The second-order valence-corrected chi connectivity index (χ2v) is 4.30. The van der Waals surface area contributed by atoms with Crippen molar-refractivity contribution in [3.8, 4) is 17.5 Å². The van der Waals surface area contributed by atoms with E-state index < -0.39 is 0 Å². The maximum absolute atomic E-state index is 9.02. The van der Waals surface area contributed by atoms with E-state index in [0.29, 0.717) is 17.1 Å². The number of ether oxygens (including phenoxy) is 1. The second kappa shape index (κ2) is 4.84. The minimum atomic E-state index is 0.0831. The molecule has 1 heterocycles. The van der Waals surface area contributed by atoms with E-state index in [1.165, 1.54) is 0 Å². The van der Waals surface area contributed by atoms with Gasteiger partial charge in [0, 0.05) is 24.0 Å². The van der Waals surface area contributed by atoms with Crippen LogP contribution in [0.3, 0.4) is 0 Å². The Hall–Kier alpha value is -2.41. The topological polar surface area (TPSA) is 64.0 Å². The van der Waals surface area contributed by atoms with Gasteiger partial charge in [0.25, 0.3) is 0 Å². The van der Waals surface area contributed by atoms with Crippen molar-refractivity contribution in [3.63, 3.8) is 0 Å². The fraction of sp³-hybridized carbons (Fsp3) is 0.214. The van der Waals surface area contributed by atoms with Crippen LogP contribution in [0.15, 0.2) is 36.5 Å². The average molecular weight is 241 g/mol. The molecule has 1 aromatic carbocycles. The third-order valence-electron chi connectivity index (χ3n) is 2.43. The quantitative estimate of drug-likeness (QED) is 0.840. The number of rotatable bonds is 3. The molecule has 0 spiro atoms. The molecule has 0 aliphatic heterocycles. The first kappa shape index (κ1) is 12.1. The van der Waals surface area contributed by atoms with Gasteiger partial charge in [-0.1, -0.05) is 0 Å². The van der Waals surface area contributed by atoms with Crippen molar-refractivity contribution in [1.29, 1.82) is 5.26 Å². The van der Waals surface area contributed by atoms with Gasteiger partial charge >= 0.3 is 0 Å². The number of benzene rings is 1. The monoisotopic (exact) mass is 241 g/mol. The molecule has 0 saturated heterocycles. The number of hydrogen-bond acceptors (Lipinski definition) is 3. The Balaban J connectivity index is 2.46. The summed E-state index contributed by atoms with van der Waals surface area (Å²) in [6.45, 7) is 3.92. The number of anilines is 1. The number of aromatic nitrogens is 1. The van der Waals surface area contributed by atoms with Gasteiger partial charge in [-0.2, -0.15) is 5.26 Å². The van der Waals surface area contributed by atoms with Crippen molar-refractivity contribution in [2.24, 2.45) is 0 Å². The summed E-state index contributed by atoms with van der Waals surface area (Å²) in [6.07, 6.45) is 1.91. The lowest BCUT2D eigenvalue weighted by Crippen LogP contribution is -2.07. The highest BCUT2D eigenvalue weighted by Crippen LogP contribution is 2.23. The number of nitrogens with zero attached hydrogens (tertiary/aromatic N) is 2. The van der Waals surface area contributed by atoms with E-state index in [-0.39, 0.29) is 6.10 Å². The maximum atomic E-state index is 9.02. The van der Waals surface area contributed by atoms with Gasteiger partial charge in [0.05, 0.1) is 11.8 Å². The van der Waals surface area contributed by atoms with Gasteiger partial charge in [0.15, 0.2) is 0 Å². The van der Waals surface area contributed by atoms with E-state index in [1.807, 2.05) is 38.2 Å². The molecule has 0 bridgehead atoms. The number of nitriles is 1. The molecule has 18 heavy (non-hydrogen) atoms. The Bertz CT molecular complexity index is 593. The van der Waals surface area contributed by atoms with Crippen LogP contribution in [0.5, 0.6) is 5.75 Å². The van der Waals surface area contributed by atoms with Crippen LogP contribution in [-0.4, -0.2) is 10.7 Å². The molecule has 4 nitrogen and oxygen atoms in total. The van der Waals surface area contributed by atoms with Crippen molar-refractivity contribution in [3.05, 3.63) is 42.2 Å². The van der Waals surface area contributed by atoms with Gasteiger partial charge in [-0.15, -0.1) is 0 Å². The highest BCUT2D eigenvalue weighted by Gasteiger charge is 2.06. The summed E-state index contributed by atoms with van der Waals surface area (Å²) in [6, 6.07) is 11.2. The SMILES string of the molecule is CC(C)Oc1cc(N)cc(-n2cccc2C#N)c1. The predicted molar refractivity (Wildman–Crippen MR) is 70.7 cm³/mol. The van der Waals surface area contributed by atoms with Crippen molar-refractivity contribution in [1.82, 2.24) is 4.57 Å². The molecule has 0 aliphatic rings. The molecule has 4 heteroatoms. The van der Waals surface area contributed by atoms with Gasteiger partial charge < -0.3 is 15.0 Å². The summed E-state index contributed by atoms with van der Waals surface area (Å²) in [5.74, 6) is 0.706. The lowest BCUT2D eigenvalue weighted by atomic mass is 10.2. The third kappa shape index (κ3) is 2.46. The summed E-state index contributed by atoms with van der Waals surface area (Å²) in [5, 5.41) is 9.02. The third-order valence-corrected chi connectivity index (χ3v) is 2.43. The maximum Gasteiger partial charge on any atom is 0.124 e. The summed E-state index contributed by atoms with van der Waals surface area (Å²) in [7, 11) is 0. The second-order valence-electron chi connectivity index (χ2n) is 4.30. The lowest BCUT2D eigenvalue weighted by molar-refractivity contribution is 0.242. The number of hydrogen-bond donors (Lipinski definition) is 1. The molecular formula is C14H15N3O. The van der Waals surface area contributed by atoms with Crippen molar-refractivity contribution in [2.75, 3.05) is 5.73 Å². The zero-order valence-electron chi connectivity index (χ0n) is 10.4. The van der Waals surface area contributed by atoms with Crippen LogP contribution in [0.2, 0.25) is 0 Å². The molecule has 0 fully saturated rings. The average Bonchev–Trinajstić information content (AvgIpc) is 2.75. The fourth-order valence-corrected chi connectivity index (χ4v) is 1.78. The van der Waals surface area contributed by atoms with Crippen LogP contribution < -0.4 is 10.5 Å². The summed E-state index contributed by atoms with van der Waals surface area (Å²) in [5.41, 5.74) is 7.86. The molecule has 2 rings (SSSR count). The Morgan fingerprint density at radius 2 is 2.11 bits per heavy atom. The van der Waals surface area contributed by atoms with Gasteiger partial charge in [0.1, 0.15) is 17.5 Å². The summed E-state index contributed by atoms with van der Waals surface area (Å²) >= 11 is 0. The molecule has 0 atom stereocenters. The minimum Gasteiger partial charge on any atom is -0.491 e. The van der Waals surface area contributed by atoms with Gasteiger partial charge in [-0.05, 0) is 32.0 Å². The fourth-order valence-electron chi connectivity index (χ4n) is 1.78. The Kier molecular flexibility index (Phi) is 3.24. The Labute approximate surface area is 106 Å². The van der Waals surface area contributed by atoms with Crippen molar-refractivity contribution < 1.29 is 4.74 Å². The molecule has 2 N–H and O–H groups in total. The van der Waals surface area contributed by atoms with E-state index in [9.17, 15) is 0 Å². The zero-order valence-corrected chi connectivity index (χ0v) is 10.4. The summed E-state index contributed by atoms with van der Waals surface area (Å²) in [4.78, 5) is 0. The first-order valence-electron chi connectivity index (χ1n) is 5.75. The molecule has 0 unspecified atom stereocenters. The van der Waals surface area contributed by atoms with Crippen molar-refractivity contribution >= 4 is 5.69 Å². The molecule has 1 aromatic heterocycles. The van der Waals surface area contributed by atoms with Crippen LogP contribution in [0.4, 0.5) is 5.69 Å². The summed E-state index contributed by atoms with van der Waals surface area (Å²) < 4.78 is 7.41. The Morgan fingerprint density at radius 3 is 2.78 bits per heavy atom. The molecule has 0 amide bonds. The first-order chi connectivity index (χ1) is 8.60. The number of nitrogen functional groups attached to an aromatic ring is 1. The zero-order chi connectivity index (χ0) is 13.1. The standard InChI is InChI=1S/C14H15N3O/c1-10(2)18-14-7-11(16)6-13(8-14)17-5-3-4-12(17)9-15/h3-8,10H,16H2,1-2H3. The molecular weight excluding hydrogens is 226 g/mol. The predicted octanol–water partition coefficient (Wildman–Crippen LogP) is 2.72.